The molecule has 0 fully saturated rings. The van der Waals surface area contributed by atoms with Gasteiger partial charge in [0.1, 0.15) is 17.2 Å². The summed E-state index contributed by atoms with van der Waals surface area (Å²) in [5, 5.41) is 14.1. The fraction of sp³-hybridized carbons (Fsp3) is 0.167. The van der Waals surface area contributed by atoms with Gasteiger partial charge in [-0.3, -0.25) is 10.1 Å². The highest BCUT2D eigenvalue weighted by Gasteiger charge is 2.18. The standard InChI is InChI=1S/C24H20N2O2/c1-15-11-12-20-22(27)19-10-6-9-18(24(19)28-23(20)16(15)2)21(13-25)26-14-17-7-4-3-5-8-17/h3-12,21,26H,14H2,1-2H3. The average molecular weight is 368 g/mol. The third-order valence-corrected chi connectivity index (χ3v) is 5.21. The normalized spacial score (nSPS) is 12.2. The Bertz CT molecular complexity index is 1270. The number of aryl methyl sites for hydroxylation is 2. The molecule has 0 saturated heterocycles. The van der Waals surface area contributed by atoms with Crippen molar-refractivity contribution in [2.75, 3.05) is 0 Å². The van der Waals surface area contributed by atoms with Crippen molar-refractivity contribution in [1.29, 1.82) is 5.26 Å². The van der Waals surface area contributed by atoms with Gasteiger partial charge in [-0.15, -0.1) is 0 Å². The molecule has 4 heteroatoms. The molecule has 0 spiro atoms. The van der Waals surface area contributed by atoms with Crippen molar-refractivity contribution < 1.29 is 4.42 Å². The molecular formula is C24H20N2O2. The molecule has 0 amide bonds. The van der Waals surface area contributed by atoms with Gasteiger partial charge in [0.15, 0.2) is 0 Å². The van der Waals surface area contributed by atoms with Crippen LogP contribution in [0.1, 0.15) is 28.3 Å². The number of fused-ring (bicyclic) bond motifs is 2. The van der Waals surface area contributed by atoms with E-state index in [1.165, 1.54) is 0 Å². The molecule has 0 bridgehead atoms. The van der Waals surface area contributed by atoms with E-state index >= 15 is 0 Å². The second-order valence-corrected chi connectivity index (χ2v) is 6.97. The lowest BCUT2D eigenvalue weighted by molar-refractivity contribution is 0.605. The molecule has 0 aliphatic heterocycles. The quantitative estimate of drug-likeness (QED) is 0.519. The number of para-hydroxylation sites is 1. The Morgan fingerprint density at radius 3 is 2.46 bits per heavy atom. The van der Waals surface area contributed by atoms with Crippen LogP contribution in [-0.4, -0.2) is 0 Å². The van der Waals surface area contributed by atoms with E-state index in [4.69, 9.17) is 4.42 Å². The van der Waals surface area contributed by atoms with Crippen LogP contribution >= 0.6 is 0 Å². The Hall–Kier alpha value is -3.42. The number of benzene rings is 3. The predicted molar refractivity (Wildman–Crippen MR) is 111 cm³/mol. The molecular weight excluding hydrogens is 348 g/mol. The zero-order chi connectivity index (χ0) is 19.7. The highest BCUT2D eigenvalue weighted by atomic mass is 16.3. The number of nitrogens with one attached hydrogen (secondary N) is 1. The van der Waals surface area contributed by atoms with Gasteiger partial charge < -0.3 is 4.42 Å². The summed E-state index contributed by atoms with van der Waals surface area (Å²) < 4.78 is 6.21. The summed E-state index contributed by atoms with van der Waals surface area (Å²) in [6, 6.07) is 20.8. The molecule has 0 aliphatic carbocycles. The van der Waals surface area contributed by atoms with Crippen LogP contribution in [-0.2, 0) is 6.54 Å². The van der Waals surface area contributed by atoms with Gasteiger partial charge in [0, 0.05) is 12.1 Å². The molecule has 3 aromatic carbocycles. The van der Waals surface area contributed by atoms with E-state index in [1.54, 1.807) is 12.1 Å². The number of nitriles is 1. The fourth-order valence-corrected chi connectivity index (χ4v) is 3.46. The Balaban J connectivity index is 1.85. The highest BCUT2D eigenvalue weighted by molar-refractivity contribution is 5.93. The van der Waals surface area contributed by atoms with E-state index in [2.05, 4.69) is 11.4 Å². The summed E-state index contributed by atoms with van der Waals surface area (Å²) in [6.07, 6.45) is 0. The lowest BCUT2D eigenvalue weighted by Crippen LogP contribution is -2.20. The van der Waals surface area contributed by atoms with E-state index < -0.39 is 6.04 Å². The third-order valence-electron chi connectivity index (χ3n) is 5.21. The average Bonchev–Trinajstić information content (AvgIpc) is 2.73. The fourth-order valence-electron chi connectivity index (χ4n) is 3.46. The summed E-state index contributed by atoms with van der Waals surface area (Å²) in [5.74, 6) is 0. The molecule has 28 heavy (non-hydrogen) atoms. The van der Waals surface area contributed by atoms with E-state index in [9.17, 15) is 10.1 Å². The number of nitrogens with zero attached hydrogens (tertiary/aromatic N) is 1. The van der Waals surface area contributed by atoms with Crippen LogP contribution in [0.2, 0.25) is 0 Å². The second kappa shape index (κ2) is 7.30. The minimum Gasteiger partial charge on any atom is -0.455 e. The summed E-state index contributed by atoms with van der Waals surface area (Å²) >= 11 is 0. The molecule has 4 rings (SSSR count). The van der Waals surface area contributed by atoms with E-state index in [0.717, 1.165) is 16.7 Å². The van der Waals surface area contributed by atoms with Crippen LogP contribution in [0, 0.1) is 25.2 Å². The summed E-state index contributed by atoms with van der Waals surface area (Å²) in [6.45, 7) is 4.49. The van der Waals surface area contributed by atoms with E-state index in [-0.39, 0.29) is 5.43 Å². The van der Waals surface area contributed by atoms with Crippen LogP contribution in [0.5, 0.6) is 0 Å². The van der Waals surface area contributed by atoms with Crippen molar-refractivity contribution in [3.05, 3.63) is 93.1 Å². The van der Waals surface area contributed by atoms with Crippen LogP contribution in [0.15, 0.2) is 69.9 Å². The molecule has 0 aliphatic rings. The molecule has 4 aromatic rings. The Labute approximate surface area is 163 Å². The van der Waals surface area contributed by atoms with Gasteiger partial charge in [-0.2, -0.15) is 5.26 Å². The van der Waals surface area contributed by atoms with Gasteiger partial charge in [0.25, 0.3) is 0 Å². The lowest BCUT2D eigenvalue weighted by atomic mass is 10.0. The van der Waals surface area contributed by atoms with E-state index in [1.807, 2.05) is 62.4 Å². The van der Waals surface area contributed by atoms with Crippen molar-refractivity contribution in [2.45, 2.75) is 26.4 Å². The van der Waals surface area contributed by atoms with Crippen molar-refractivity contribution in [2.24, 2.45) is 0 Å². The molecule has 1 heterocycles. The minimum absolute atomic E-state index is 0.0686. The first kappa shape index (κ1) is 18.0. The predicted octanol–water partition coefficient (Wildman–Crippen LogP) is 4.92. The summed E-state index contributed by atoms with van der Waals surface area (Å²) in [5.41, 5.74) is 4.76. The van der Waals surface area contributed by atoms with Gasteiger partial charge >= 0.3 is 0 Å². The van der Waals surface area contributed by atoms with Crippen LogP contribution < -0.4 is 10.7 Å². The minimum atomic E-state index is -0.588. The lowest BCUT2D eigenvalue weighted by Gasteiger charge is -2.15. The van der Waals surface area contributed by atoms with Crippen LogP contribution in [0.3, 0.4) is 0 Å². The van der Waals surface area contributed by atoms with Gasteiger partial charge in [-0.25, -0.2) is 0 Å². The molecule has 1 N–H and O–H groups in total. The van der Waals surface area contributed by atoms with Crippen molar-refractivity contribution in [3.63, 3.8) is 0 Å². The van der Waals surface area contributed by atoms with Crippen molar-refractivity contribution >= 4 is 21.9 Å². The van der Waals surface area contributed by atoms with Gasteiger partial charge in [0.05, 0.1) is 16.8 Å². The summed E-state index contributed by atoms with van der Waals surface area (Å²) in [7, 11) is 0. The molecule has 4 nitrogen and oxygen atoms in total. The molecule has 0 radical (unpaired) electrons. The van der Waals surface area contributed by atoms with Gasteiger partial charge in [0.2, 0.25) is 5.43 Å². The molecule has 138 valence electrons. The molecule has 1 unspecified atom stereocenters. The third kappa shape index (κ3) is 3.06. The smallest absolute Gasteiger partial charge is 0.200 e. The first-order chi connectivity index (χ1) is 13.6. The van der Waals surface area contributed by atoms with Crippen LogP contribution in [0.25, 0.3) is 21.9 Å². The maximum absolute atomic E-state index is 13.0. The Morgan fingerprint density at radius 1 is 0.964 bits per heavy atom. The molecule has 1 atom stereocenters. The maximum atomic E-state index is 13.0. The zero-order valence-electron chi connectivity index (χ0n) is 15.8. The molecule has 1 aromatic heterocycles. The highest BCUT2D eigenvalue weighted by Crippen LogP contribution is 2.28. The second-order valence-electron chi connectivity index (χ2n) is 6.97. The van der Waals surface area contributed by atoms with Crippen molar-refractivity contribution in [3.8, 4) is 6.07 Å². The number of rotatable bonds is 4. The monoisotopic (exact) mass is 368 g/mol. The largest absolute Gasteiger partial charge is 0.455 e. The maximum Gasteiger partial charge on any atom is 0.200 e. The topological polar surface area (TPSA) is 66.0 Å². The van der Waals surface area contributed by atoms with Gasteiger partial charge in [-0.05, 0) is 42.7 Å². The number of hydrogen-bond acceptors (Lipinski definition) is 4. The first-order valence-corrected chi connectivity index (χ1v) is 9.22. The first-order valence-electron chi connectivity index (χ1n) is 9.22. The Morgan fingerprint density at radius 2 is 1.71 bits per heavy atom. The SMILES string of the molecule is Cc1ccc2c(=O)c3cccc(C(C#N)NCc4ccccc4)c3oc2c1C. The van der Waals surface area contributed by atoms with Crippen molar-refractivity contribution in [1.82, 2.24) is 5.32 Å². The zero-order valence-corrected chi connectivity index (χ0v) is 15.8. The Kier molecular flexibility index (Phi) is 4.68. The van der Waals surface area contributed by atoms with E-state index in [0.29, 0.717) is 34.0 Å². The number of hydrogen-bond donors (Lipinski definition) is 1. The molecule has 0 saturated carbocycles. The summed E-state index contributed by atoms with van der Waals surface area (Å²) in [4.78, 5) is 13.0. The van der Waals surface area contributed by atoms with Gasteiger partial charge in [-0.1, -0.05) is 48.5 Å². The van der Waals surface area contributed by atoms with Crippen LogP contribution in [0.4, 0.5) is 0 Å².